The summed E-state index contributed by atoms with van der Waals surface area (Å²) >= 11 is 0. The number of hydrogen-bond donors (Lipinski definition) is 2. The van der Waals surface area contributed by atoms with Gasteiger partial charge in [0, 0.05) is 12.0 Å². The quantitative estimate of drug-likeness (QED) is 0.703. The summed E-state index contributed by atoms with van der Waals surface area (Å²) in [7, 11) is 0. The first-order valence-electron chi connectivity index (χ1n) is 6.61. The van der Waals surface area contributed by atoms with E-state index >= 15 is 0 Å². The average Bonchev–Trinajstić information content (AvgIpc) is 2.27. The Morgan fingerprint density at radius 3 is 2.72 bits per heavy atom. The van der Waals surface area contributed by atoms with E-state index in [1.54, 1.807) is 6.08 Å². The fourth-order valence-corrected chi connectivity index (χ4v) is 3.63. The summed E-state index contributed by atoms with van der Waals surface area (Å²) < 4.78 is 0. The molecular formula is C15H22O3. The molecule has 3 heteroatoms. The number of aliphatic carboxylic acids is 1. The third kappa shape index (κ3) is 2.24. The molecule has 100 valence electrons. The lowest BCUT2D eigenvalue weighted by Gasteiger charge is -2.54. The van der Waals surface area contributed by atoms with Gasteiger partial charge in [0.15, 0.2) is 0 Å². The van der Waals surface area contributed by atoms with E-state index in [1.165, 1.54) is 5.57 Å². The molecule has 0 aromatic carbocycles. The Hall–Kier alpha value is -1.09. The van der Waals surface area contributed by atoms with Gasteiger partial charge in [-0.15, -0.1) is 0 Å². The Labute approximate surface area is 108 Å². The smallest absolute Gasteiger partial charge is 0.331 e. The highest BCUT2D eigenvalue weighted by atomic mass is 16.4. The van der Waals surface area contributed by atoms with E-state index < -0.39 is 12.1 Å². The minimum Gasteiger partial charge on any atom is -0.478 e. The van der Waals surface area contributed by atoms with Crippen LogP contribution in [0.5, 0.6) is 0 Å². The molecule has 1 fully saturated rings. The van der Waals surface area contributed by atoms with Gasteiger partial charge in [-0.05, 0) is 36.5 Å². The lowest BCUT2D eigenvalue weighted by Crippen LogP contribution is -2.51. The molecular weight excluding hydrogens is 228 g/mol. The van der Waals surface area contributed by atoms with Crippen molar-refractivity contribution in [3.05, 3.63) is 23.8 Å². The van der Waals surface area contributed by atoms with Crippen LogP contribution in [0.2, 0.25) is 0 Å². The number of hydrogen-bond acceptors (Lipinski definition) is 2. The molecule has 2 rings (SSSR count). The molecule has 0 amide bonds. The van der Waals surface area contributed by atoms with Crippen molar-refractivity contribution >= 4 is 5.97 Å². The minimum absolute atomic E-state index is 0.0843. The van der Waals surface area contributed by atoms with Crippen LogP contribution in [0, 0.1) is 17.3 Å². The normalized spacial score (nSPS) is 38.3. The van der Waals surface area contributed by atoms with Gasteiger partial charge in [0.1, 0.15) is 0 Å². The third-order valence-electron chi connectivity index (χ3n) is 4.58. The van der Waals surface area contributed by atoms with Gasteiger partial charge in [0.2, 0.25) is 0 Å². The maximum absolute atomic E-state index is 11.1. The van der Waals surface area contributed by atoms with Crippen LogP contribution in [-0.2, 0) is 4.79 Å². The lowest BCUT2D eigenvalue weighted by molar-refractivity contribution is -0.134. The van der Waals surface area contributed by atoms with Crippen LogP contribution in [0.15, 0.2) is 23.8 Å². The Kier molecular flexibility index (Phi) is 3.37. The summed E-state index contributed by atoms with van der Waals surface area (Å²) in [6.07, 6.45) is 4.03. The second-order valence-corrected chi connectivity index (χ2v) is 6.33. The first-order valence-corrected chi connectivity index (χ1v) is 6.61. The van der Waals surface area contributed by atoms with Gasteiger partial charge in [-0.2, -0.15) is 0 Å². The molecule has 0 spiro atoms. The standard InChI is InChI=1S/C15H22O3/c1-9-5-4-6-10(14(17)18)7-12(16)13-11(9)8-15(13,2)3/h6,11-13,16H,1,4-5,7-8H2,2-3H3,(H,17,18)/b10-6-/t11-,12-,13-/m0/s1. The lowest BCUT2D eigenvalue weighted by atomic mass is 9.51. The van der Waals surface area contributed by atoms with Crippen molar-refractivity contribution in [2.45, 2.75) is 45.6 Å². The molecule has 2 aliphatic rings. The highest BCUT2D eigenvalue weighted by Gasteiger charge is 2.51. The number of aliphatic hydroxyl groups is 1. The van der Waals surface area contributed by atoms with Crippen molar-refractivity contribution in [2.24, 2.45) is 17.3 Å². The van der Waals surface area contributed by atoms with Crippen molar-refractivity contribution in [1.29, 1.82) is 0 Å². The summed E-state index contributed by atoms with van der Waals surface area (Å²) in [6, 6.07) is 0. The molecule has 1 saturated carbocycles. The number of carbonyl (C=O) groups is 1. The van der Waals surface area contributed by atoms with E-state index in [-0.39, 0.29) is 17.8 Å². The first kappa shape index (κ1) is 13.3. The van der Waals surface area contributed by atoms with Crippen LogP contribution in [0.1, 0.15) is 39.5 Å². The predicted octanol–water partition coefficient (Wildman–Crippen LogP) is 2.76. The minimum atomic E-state index is -0.907. The van der Waals surface area contributed by atoms with Crippen molar-refractivity contribution in [3.63, 3.8) is 0 Å². The summed E-state index contributed by atoms with van der Waals surface area (Å²) in [5.74, 6) is -0.405. The fraction of sp³-hybridized carbons (Fsp3) is 0.667. The molecule has 0 saturated heterocycles. The molecule has 18 heavy (non-hydrogen) atoms. The third-order valence-corrected chi connectivity index (χ3v) is 4.58. The fourth-order valence-electron chi connectivity index (χ4n) is 3.63. The van der Waals surface area contributed by atoms with Crippen LogP contribution in [0.3, 0.4) is 0 Å². The predicted molar refractivity (Wildman–Crippen MR) is 70.1 cm³/mol. The van der Waals surface area contributed by atoms with Gasteiger partial charge in [-0.1, -0.05) is 32.1 Å². The van der Waals surface area contributed by atoms with E-state index in [9.17, 15) is 9.90 Å². The summed E-state index contributed by atoms with van der Waals surface area (Å²) in [5.41, 5.74) is 1.60. The number of carboxylic acid groups (broad SMARTS) is 1. The maximum Gasteiger partial charge on any atom is 0.331 e. The van der Waals surface area contributed by atoms with Gasteiger partial charge in [0.25, 0.3) is 0 Å². The number of aliphatic hydroxyl groups excluding tert-OH is 1. The van der Waals surface area contributed by atoms with Gasteiger partial charge >= 0.3 is 5.97 Å². The Morgan fingerprint density at radius 2 is 2.17 bits per heavy atom. The SMILES string of the molecule is C=C1CC/C=C(\C(=O)O)C[C@H](O)[C@@H]2[C@H]1CC2(C)C. The monoisotopic (exact) mass is 250 g/mol. The van der Waals surface area contributed by atoms with Crippen molar-refractivity contribution in [2.75, 3.05) is 0 Å². The zero-order valence-electron chi connectivity index (χ0n) is 11.1. The average molecular weight is 250 g/mol. The van der Waals surface area contributed by atoms with Crippen LogP contribution >= 0.6 is 0 Å². The molecule has 0 unspecified atom stereocenters. The molecule has 2 N–H and O–H groups in total. The highest BCUT2D eigenvalue weighted by Crippen LogP contribution is 2.56. The number of fused-ring (bicyclic) bond motifs is 1. The van der Waals surface area contributed by atoms with E-state index in [0.29, 0.717) is 11.5 Å². The highest BCUT2D eigenvalue weighted by molar-refractivity contribution is 5.86. The van der Waals surface area contributed by atoms with E-state index in [2.05, 4.69) is 20.4 Å². The van der Waals surface area contributed by atoms with Crippen molar-refractivity contribution in [1.82, 2.24) is 0 Å². The zero-order valence-corrected chi connectivity index (χ0v) is 11.1. The molecule has 0 bridgehead atoms. The van der Waals surface area contributed by atoms with Gasteiger partial charge in [-0.25, -0.2) is 4.79 Å². The second kappa shape index (κ2) is 4.54. The Balaban J connectivity index is 2.25. The Morgan fingerprint density at radius 1 is 1.50 bits per heavy atom. The van der Waals surface area contributed by atoms with Crippen molar-refractivity contribution < 1.29 is 15.0 Å². The molecule has 3 nitrogen and oxygen atoms in total. The topological polar surface area (TPSA) is 57.5 Å². The Bertz CT molecular complexity index is 406. The maximum atomic E-state index is 11.1. The van der Waals surface area contributed by atoms with Crippen molar-refractivity contribution in [3.8, 4) is 0 Å². The van der Waals surface area contributed by atoms with Gasteiger partial charge in [0.05, 0.1) is 6.10 Å². The first-order chi connectivity index (χ1) is 8.33. The van der Waals surface area contributed by atoms with Crippen LogP contribution in [0.4, 0.5) is 0 Å². The largest absolute Gasteiger partial charge is 0.478 e. The van der Waals surface area contributed by atoms with E-state index in [1.807, 2.05) is 0 Å². The van der Waals surface area contributed by atoms with Crippen LogP contribution < -0.4 is 0 Å². The number of rotatable bonds is 1. The second-order valence-electron chi connectivity index (χ2n) is 6.33. The van der Waals surface area contributed by atoms with Gasteiger partial charge < -0.3 is 10.2 Å². The molecule has 0 radical (unpaired) electrons. The summed E-state index contributed by atoms with van der Waals surface area (Å²) in [4.78, 5) is 11.1. The molecule has 0 aromatic heterocycles. The number of allylic oxidation sites excluding steroid dienone is 2. The molecule has 3 atom stereocenters. The number of carboxylic acids is 1. The van der Waals surface area contributed by atoms with Gasteiger partial charge in [-0.3, -0.25) is 0 Å². The summed E-state index contributed by atoms with van der Waals surface area (Å²) in [5, 5.41) is 19.5. The molecule has 0 heterocycles. The van der Waals surface area contributed by atoms with E-state index in [0.717, 1.165) is 19.3 Å². The molecule has 0 aliphatic heterocycles. The van der Waals surface area contributed by atoms with E-state index in [4.69, 9.17) is 5.11 Å². The van der Waals surface area contributed by atoms with Crippen LogP contribution in [0.25, 0.3) is 0 Å². The van der Waals surface area contributed by atoms with Crippen LogP contribution in [-0.4, -0.2) is 22.3 Å². The molecule has 0 aromatic rings. The molecule has 2 aliphatic carbocycles. The summed E-state index contributed by atoms with van der Waals surface area (Å²) in [6.45, 7) is 8.41. The zero-order chi connectivity index (χ0) is 13.5.